The average Bonchev–Trinajstić information content (AvgIpc) is 2.28. The lowest BCUT2D eigenvalue weighted by Gasteiger charge is -2.18. The van der Waals surface area contributed by atoms with Gasteiger partial charge in [-0.25, -0.2) is 0 Å². The second-order valence-corrected chi connectivity index (χ2v) is 4.14. The van der Waals surface area contributed by atoms with E-state index < -0.39 is 21.8 Å². The fourth-order valence-corrected chi connectivity index (χ4v) is 1.33. The van der Waals surface area contributed by atoms with Gasteiger partial charge >= 0.3 is 5.69 Å². The van der Waals surface area contributed by atoms with Gasteiger partial charge < -0.3 is 14.6 Å². The van der Waals surface area contributed by atoms with Crippen LogP contribution in [-0.4, -0.2) is 23.4 Å². The third-order valence-corrected chi connectivity index (χ3v) is 2.51. The highest BCUT2D eigenvalue weighted by atomic mass is 16.6. The number of phenols is 1. The van der Waals surface area contributed by atoms with Gasteiger partial charge in [-0.1, -0.05) is 0 Å². The molecule has 0 spiro atoms. The van der Waals surface area contributed by atoms with Crippen LogP contribution in [0, 0.1) is 10.1 Å². The number of benzene rings is 1. The number of methoxy groups -OCH3 is 1. The Labute approximate surface area is 98.0 Å². The van der Waals surface area contributed by atoms with Crippen LogP contribution in [0.4, 0.5) is 5.69 Å². The van der Waals surface area contributed by atoms with Gasteiger partial charge in [0.1, 0.15) is 6.29 Å². The van der Waals surface area contributed by atoms with Crippen molar-refractivity contribution >= 4 is 12.0 Å². The SMILES string of the molecule is COc1cc(C(C)(C)C=O)cc([N+](=O)[O-])c1O. The molecule has 1 aromatic carbocycles. The van der Waals surface area contributed by atoms with Gasteiger partial charge in [-0.2, -0.15) is 0 Å². The molecule has 0 atom stereocenters. The molecule has 1 rings (SSSR count). The van der Waals surface area contributed by atoms with Crippen molar-refractivity contribution in [3.05, 3.63) is 27.8 Å². The highest BCUT2D eigenvalue weighted by Crippen LogP contribution is 2.39. The number of rotatable bonds is 4. The second-order valence-electron chi connectivity index (χ2n) is 4.14. The third kappa shape index (κ3) is 2.35. The normalized spacial score (nSPS) is 11.0. The van der Waals surface area contributed by atoms with E-state index in [1.165, 1.54) is 19.2 Å². The summed E-state index contributed by atoms with van der Waals surface area (Å²) >= 11 is 0. The number of phenolic OH excluding ortho intramolecular Hbond substituents is 1. The van der Waals surface area contributed by atoms with E-state index in [1.54, 1.807) is 13.8 Å². The van der Waals surface area contributed by atoms with Crippen molar-refractivity contribution in [3.8, 4) is 11.5 Å². The molecule has 0 aliphatic heterocycles. The molecule has 0 amide bonds. The first-order chi connectivity index (χ1) is 7.83. The summed E-state index contributed by atoms with van der Waals surface area (Å²) in [4.78, 5) is 21.0. The smallest absolute Gasteiger partial charge is 0.314 e. The molecule has 0 aromatic heterocycles. The lowest BCUT2D eigenvalue weighted by atomic mass is 9.86. The Kier molecular flexibility index (Phi) is 3.36. The first kappa shape index (κ1) is 13.0. The summed E-state index contributed by atoms with van der Waals surface area (Å²) in [5.74, 6) is -0.563. The van der Waals surface area contributed by atoms with Crippen LogP contribution in [-0.2, 0) is 10.2 Å². The maximum absolute atomic E-state index is 10.9. The van der Waals surface area contributed by atoms with E-state index in [-0.39, 0.29) is 5.75 Å². The second kappa shape index (κ2) is 4.40. The number of carbonyl (C=O) groups is 1. The molecule has 0 unspecified atom stereocenters. The summed E-state index contributed by atoms with van der Waals surface area (Å²) in [5.41, 5.74) is -0.950. The lowest BCUT2D eigenvalue weighted by Crippen LogP contribution is -2.19. The number of nitro benzene ring substituents is 1. The predicted octanol–water partition coefficient (Wildman–Crippen LogP) is 1.79. The number of carbonyl (C=O) groups excluding carboxylic acids is 1. The first-order valence-electron chi connectivity index (χ1n) is 4.85. The first-order valence-corrected chi connectivity index (χ1v) is 4.85. The van der Waals surface area contributed by atoms with Crippen molar-refractivity contribution in [3.63, 3.8) is 0 Å². The van der Waals surface area contributed by atoms with Gasteiger partial charge in [-0.3, -0.25) is 10.1 Å². The van der Waals surface area contributed by atoms with Crippen LogP contribution in [0.1, 0.15) is 19.4 Å². The lowest BCUT2D eigenvalue weighted by molar-refractivity contribution is -0.386. The Morgan fingerprint density at radius 1 is 1.47 bits per heavy atom. The Morgan fingerprint density at radius 2 is 2.06 bits per heavy atom. The zero-order chi connectivity index (χ0) is 13.2. The average molecular weight is 239 g/mol. The number of nitrogens with zero attached hydrogens (tertiary/aromatic N) is 1. The number of ether oxygens (including phenoxy) is 1. The summed E-state index contributed by atoms with van der Waals surface area (Å²) in [6, 6.07) is 2.59. The number of aromatic hydroxyl groups is 1. The van der Waals surface area contributed by atoms with Gasteiger partial charge in [0.15, 0.2) is 5.75 Å². The van der Waals surface area contributed by atoms with Crippen molar-refractivity contribution in [2.45, 2.75) is 19.3 Å². The molecule has 6 heteroatoms. The van der Waals surface area contributed by atoms with E-state index in [1.807, 2.05) is 0 Å². The van der Waals surface area contributed by atoms with Gasteiger partial charge in [0, 0.05) is 11.5 Å². The third-order valence-electron chi connectivity index (χ3n) is 2.51. The van der Waals surface area contributed by atoms with Gasteiger partial charge in [-0.05, 0) is 25.5 Å². The van der Waals surface area contributed by atoms with E-state index in [0.717, 1.165) is 0 Å². The quantitative estimate of drug-likeness (QED) is 0.491. The van der Waals surface area contributed by atoms with Gasteiger partial charge in [-0.15, -0.1) is 0 Å². The Hall–Kier alpha value is -2.11. The van der Waals surface area contributed by atoms with Crippen molar-refractivity contribution in [1.29, 1.82) is 0 Å². The van der Waals surface area contributed by atoms with Crippen LogP contribution < -0.4 is 4.74 Å². The number of hydrogen-bond donors (Lipinski definition) is 1. The molecule has 0 bridgehead atoms. The van der Waals surface area contributed by atoms with Crippen molar-refractivity contribution < 1.29 is 19.6 Å². The zero-order valence-electron chi connectivity index (χ0n) is 9.76. The molecule has 0 saturated heterocycles. The molecule has 0 aliphatic rings. The molecule has 92 valence electrons. The van der Waals surface area contributed by atoms with Crippen LogP contribution in [0.2, 0.25) is 0 Å². The van der Waals surface area contributed by atoms with Crippen molar-refractivity contribution in [1.82, 2.24) is 0 Å². The molecule has 17 heavy (non-hydrogen) atoms. The zero-order valence-corrected chi connectivity index (χ0v) is 9.76. The number of aldehydes is 1. The predicted molar refractivity (Wildman–Crippen MR) is 60.4 cm³/mol. The molecule has 1 N–H and O–H groups in total. The molecular weight excluding hydrogens is 226 g/mol. The molecule has 1 aromatic rings. The summed E-state index contributed by atoms with van der Waals surface area (Å²) < 4.78 is 4.85. The Balaban J connectivity index is 3.50. The van der Waals surface area contributed by atoms with Crippen LogP contribution >= 0.6 is 0 Å². The fourth-order valence-electron chi connectivity index (χ4n) is 1.33. The van der Waals surface area contributed by atoms with Gasteiger partial charge in [0.2, 0.25) is 5.75 Å². The molecule has 0 radical (unpaired) electrons. The summed E-state index contributed by atoms with van der Waals surface area (Å²) in [6.07, 6.45) is 0.683. The van der Waals surface area contributed by atoms with E-state index >= 15 is 0 Å². The van der Waals surface area contributed by atoms with E-state index in [2.05, 4.69) is 0 Å². The minimum absolute atomic E-state index is 0.0240. The van der Waals surface area contributed by atoms with E-state index in [4.69, 9.17) is 4.74 Å². The summed E-state index contributed by atoms with van der Waals surface area (Å²) in [5, 5.41) is 20.3. The van der Waals surface area contributed by atoms with Crippen molar-refractivity contribution in [2.75, 3.05) is 7.11 Å². The Bertz CT molecular complexity index is 467. The van der Waals surface area contributed by atoms with Crippen LogP contribution in [0.3, 0.4) is 0 Å². The molecule has 0 aliphatic carbocycles. The summed E-state index contributed by atoms with van der Waals surface area (Å²) in [7, 11) is 1.29. The van der Waals surface area contributed by atoms with E-state index in [0.29, 0.717) is 11.8 Å². The molecule has 0 heterocycles. The molecule has 0 saturated carbocycles. The van der Waals surface area contributed by atoms with Gasteiger partial charge in [0.25, 0.3) is 0 Å². The highest BCUT2D eigenvalue weighted by molar-refractivity contribution is 5.70. The molecule has 0 fully saturated rings. The minimum atomic E-state index is -0.883. The highest BCUT2D eigenvalue weighted by Gasteiger charge is 2.27. The standard InChI is InChI=1S/C11H13NO5/c1-11(2,6-13)7-4-8(12(15)16)10(14)9(5-7)17-3/h4-6,14H,1-3H3. The number of hydrogen-bond acceptors (Lipinski definition) is 5. The summed E-state index contributed by atoms with van der Waals surface area (Å²) in [6.45, 7) is 3.24. The van der Waals surface area contributed by atoms with Crippen LogP contribution in [0.25, 0.3) is 0 Å². The minimum Gasteiger partial charge on any atom is -0.500 e. The topological polar surface area (TPSA) is 89.7 Å². The Morgan fingerprint density at radius 3 is 2.47 bits per heavy atom. The number of nitro groups is 1. The van der Waals surface area contributed by atoms with Crippen LogP contribution in [0.5, 0.6) is 11.5 Å². The maximum Gasteiger partial charge on any atom is 0.314 e. The van der Waals surface area contributed by atoms with Gasteiger partial charge in [0.05, 0.1) is 12.0 Å². The fraction of sp³-hybridized carbons (Fsp3) is 0.364. The molecular formula is C11H13NO5. The van der Waals surface area contributed by atoms with E-state index in [9.17, 15) is 20.0 Å². The molecule has 6 nitrogen and oxygen atoms in total. The van der Waals surface area contributed by atoms with Crippen molar-refractivity contribution in [2.24, 2.45) is 0 Å². The largest absolute Gasteiger partial charge is 0.500 e. The monoisotopic (exact) mass is 239 g/mol. The maximum atomic E-state index is 10.9. The van der Waals surface area contributed by atoms with Crippen LogP contribution in [0.15, 0.2) is 12.1 Å².